The summed E-state index contributed by atoms with van der Waals surface area (Å²) in [5.74, 6) is -0.931. The predicted molar refractivity (Wildman–Crippen MR) is 214 cm³/mol. The molecular weight excluding hydrogens is 776 g/mol. The Bertz CT molecular complexity index is 2040. The molecule has 2 saturated carbocycles. The number of nitrogens with one attached hydrogen (secondary N) is 3. The van der Waals surface area contributed by atoms with E-state index in [0.29, 0.717) is 61.7 Å². The fourth-order valence-corrected chi connectivity index (χ4v) is 10.6. The Morgan fingerprint density at radius 1 is 1.14 bits per heavy atom. The van der Waals surface area contributed by atoms with Gasteiger partial charge in [0.1, 0.15) is 35.3 Å². The summed E-state index contributed by atoms with van der Waals surface area (Å²) < 4.78 is 54.1. The lowest BCUT2D eigenvalue weighted by molar-refractivity contribution is -0.142. The zero-order valence-corrected chi connectivity index (χ0v) is 34.6. The van der Waals surface area contributed by atoms with Gasteiger partial charge in [-0.3, -0.25) is 19.1 Å². The molecule has 0 unspecified atom stereocenters. The average molecular weight is 829 g/mol. The van der Waals surface area contributed by atoms with Crippen LogP contribution in [0.5, 0.6) is 11.6 Å². The minimum atomic E-state index is -4.02. The van der Waals surface area contributed by atoms with Gasteiger partial charge in [0.15, 0.2) is 0 Å². The molecule has 1 aromatic carbocycles. The number of carbonyl (C=O) groups is 4. The number of hydrogen-bond acceptors (Lipinski definition) is 10. The summed E-state index contributed by atoms with van der Waals surface area (Å²) in [6.07, 6.45) is 8.20. The number of urea groups is 1. The first kappa shape index (κ1) is 41.1. The molecule has 3 N–H and O–H groups in total. The van der Waals surface area contributed by atoms with Crippen molar-refractivity contribution < 1.29 is 41.5 Å². The van der Waals surface area contributed by atoms with Crippen molar-refractivity contribution in [3.05, 3.63) is 42.4 Å². The fraction of sp³-hybridized carbons (Fsp3) is 0.625. The second-order valence-electron chi connectivity index (χ2n) is 16.5. The normalized spacial score (nSPS) is 30.8. The molecule has 57 heavy (non-hydrogen) atoms. The van der Waals surface area contributed by atoms with E-state index in [-0.39, 0.29) is 43.1 Å². The molecule has 5 aliphatic rings. The van der Waals surface area contributed by atoms with E-state index in [0.717, 1.165) is 17.9 Å². The number of aromatic nitrogens is 1. The van der Waals surface area contributed by atoms with E-state index in [4.69, 9.17) is 9.47 Å². The smallest absolute Gasteiger partial charge is 0.318 e. The monoisotopic (exact) mass is 828 g/mol. The van der Waals surface area contributed by atoms with Gasteiger partial charge >= 0.3 is 6.03 Å². The number of benzene rings is 1. The van der Waals surface area contributed by atoms with Gasteiger partial charge in [-0.05, 0) is 75.5 Å². The second-order valence-corrected chi connectivity index (χ2v) is 19.9. The van der Waals surface area contributed by atoms with Crippen molar-refractivity contribution >= 4 is 56.3 Å². The first-order chi connectivity index (χ1) is 27.2. The van der Waals surface area contributed by atoms with Crippen LogP contribution in [0, 0.1) is 23.6 Å². The number of methoxy groups -OCH3 is 1. The highest BCUT2D eigenvalue weighted by Gasteiger charge is 2.63. The molecule has 1 aromatic heterocycles. The number of pyridine rings is 1. The van der Waals surface area contributed by atoms with E-state index in [9.17, 15) is 27.2 Å². The van der Waals surface area contributed by atoms with Crippen LogP contribution in [0.2, 0.25) is 0 Å². The molecule has 14 nitrogen and oxygen atoms in total. The van der Waals surface area contributed by atoms with E-state index < -0.39 is 68.0 Å². The Morgan fingerprint density at radius 3 is 2.60 bits per heavy atom. The third kappa shape index (κ3) is 8.41. The largest absolute Gasteiger partial charge is 0.494 e. The van der Waals surface area contributed by atoms with Gasteiger partial charge in [-0.1, -0.05) is 32.4 Å². The number of thioether (sulfide) groups is 1. The predicted octanol–water partition coefficient (Wildman–Crippen LogP) is 4.13. The van der Waals surface area contributed by atoms with Gasteiger partial charge in [0, 0.05) is 42.3 Å². The second kappa shape index (κ2) is 16.3. The first-order valence-corrected chi connectivity index (χ1v) is 22.6. The molecule has 310 valence electrons. The lowest BCUT2D eigenvalue weighted by Crippen LogP contribution is -2.60. The highest BCUT2D eigenvalue weighted by molar-refractivity contribution is 7.99. The Balaban J connectivity index is 1.24. The number of ether oxygens (including phenoxy) is 2. The van der Waals surface area contributed by atoms with E-state index in [1.54, 1.807) is 29.7 Å². The molecule has 2 aromatic rings. The Hall–Kier alpha value is -4.12. The summed E-state index contributed by atoms with van der Waals surface area (Å²) in [6, 6.07) is 1.66. The van der Waals surface area contributed by atoms with E-state index in [2.05, 4.69) is 27.3 Å². The van der Waals surface area contributed by atoms with Crippen molar-refractivity contribution in [1.29, 1.82) is 0 Å². The lowest BCUT2D eigenvalue weighted by Gasteiger charge is -2.36. The van der Waals surface area contributed by atoms with Crippen LogP contribution in [0.3, 0.4) is 0 Å². The number of fused-ring (bicyclic) bond motifs is 3. The summed E-state index contributed by atoms with van der Waals surface area (Å²) in [4.78, 5) is 65.0. The zero-order chi connectivity index (χ0) is 40.7. The van der Waals surface area contributed by atoms with Crippen LogP contribution >= 0.6 is 11.8 Å². The van der Waals surface area contributed by atoms with E-state index >= 15 is 4.79 Å². The van der Waals surface area contributed by atoms with Crippen molar-refractivity contribution in [2.45, 2.75) is 101 Å². The molecule has 3 aliphatic heterocycles. The van der Waals surface area contributed by atoms with Crippen LogP contribution in [0.15, 0.2) is 36.5 Å². The van der Waals surface area contributed by atoms with Crippen LogP contribution in [-0.4, -0.2) is 114 Å². The SMILES string of the molecule is CC[C@@H]1C[C@H](C)CC/C=C\[C@@H]2C[C@@]2(C(=O)NS(=O)(=O)C2(C)CC2)NC(=O)[C@@H]2C[C@@H](Oc3ncc(OC)c4ccc(F)cc34)CN2C(=O)[C@H]1NC(=O)N1CCSCC1. The van der Waals surface area contributed by atoms with Crippen molar-refractivity contribution in [2.24, 2.45) is 17.8 Å². The summed E-state index contributed by atoms with van der Waals surface area (Å²) >= 11 is 1.76. The number of hydrogen-bond donors (Lipinski definition) is 3. The molecule has 0 radical (unpaired) electrons. The number of amides is 5. The van der Waals surface area contributed by atoms with Gasteiger partial charge in [-0.2, -0.15) is 11.8 Å². The van der Waals surface area contributed by atoms with Gasteiger partial charge < -0.3 is 29.9 Å². The first-order valence-electron chi connectivity index (χ1n) is 20.0. The molecule has 4 heterocycles. The number of nitrogens with zero attached hydrogens (tertiary/aromatic N) is 3. The van der Waals surface area contributed by atoms with Crippen molar-refractivity contribution in [2.75, 3.05) is 38.2 Å². The molecule has 4 fully saturated rings. The van der Waals surface area contributed by atoms with Crippen LogP contribution < -0.4 is 24.8 Å². The highest BCUT2D eigenvalue weighted by atomic mass is 32.2. The van der Waals surface area contributed by atoms with Gasteiger partial charge in [-0.25, -0.2) is 22.6 Å². The average Bonchev–Trinajstić information content (AvgIpc) is 4.07. The number of halogens is 1. The van der Waals surface area contributed by atoms with Crippen LogP contribution in [0.4, 0.5) is 9.18 Å². The molecular formula is C40H53FN6O8S2. The molecule has 7 atom stereocenters. The number of sulfonamides is 1. The molecule has 7 rings (SSSR count). The Morgan fingerprint density at radius 2 is 1.89 bits per heavy atom. The van der Waals surface area contributed by atoms with Gasteiger partial charge in [0.05, 0.1) is 30.0 Å². The number of allylic oxidation sites excluding steroid dienone is 1. The summed E-state index contributed by atoms with van der Waals surface area (Å²) in [5.41, 5.74) is -1.55. The molecule has 17 heteroatoms. The van der Waals surface area contributed by atoms with Crippen molar-refractivity contribution in [1.82, 2.24) is 30.1 Å². The summed E-state index contributed by atoms with van der Waals surface area (Å²) in [7, 11) is -2.54. The number of rotatable bonds is 8. The lowest BCUT2D eigenvalue weighted by atomic mass is 9.85. The van der Waals surface area contributed by atoms with Crippen LogP contribution in [-0.2, 0) is 24.4 Å². The van der Waals surface area contributed by atoms with Crippen LogP contribution in [0.25, 0.3) is 10.8 Å². The quantitative estimate of drug-likeness (QED) is 0.328. The zero-order valence-electron chi connectivity index (χ0n) is 32.9. The Labute approximate surface area is 337 Å². The maximum absolute atomic E-state index is 15.1. The molecule has 5 amide bonds. The molecule has 0 bridgehead atoms. The van der Waals surface area contributed by atoms with E-state index in [1.165, 1.54) is 30.3 Å². The maximum Gasteiger partial charge on any atom is 0.318 e. The summed E-state index contributed by atoms with van der Waals surface area (Å²) in [5, 5.41) is 6.88. The van der Waals surface area contributed by atoms with Gasteiger partial charge in [-0.15, -0.1) is 0 Å². The minimum absolute atomic E-state index is 0.0200. The van der Waals surface area contributed by atoms with Crippen molar-refractivity contribution in [3.63, 3.8) is 0 Å². The fourth-order valence-electron chi connectivity index (χ4n) is 8.39. The van der Waals surface area contributed by atoms with Crippen molar-refractivity contribution in [3.8, 4) is 11.6 Å². The van der Waals surface area contributed by atoms with Crippen LogP contribution in [0.1, 0.15) is 72.1 Å². The minimum Gasteiger partial charge on any atom is -0.494 e. The molecule has 0 spiro atoms. The number of carbonyl (C=O) groups excluding carboxylic acids is 4. The maximum atomic E-state index is 15.1. The topological polar surface area (TPSA) is 176 Å². The standard InChI is InChI=1S/C40H53FN6O8S2/c1-5-25-18-24(2)8-6-7-9-26-21-40(26,37(50)45-57(52,53)39(3)12-13-39)44-34(48)31-20-28(55-35-30-19-27(41)10-11-29(30)32(54-4)22-42-35)23-47(31)36(49)33(25)43-38(51)46-14-16-56-17-15-46/h7,9-11,19,22,24-26,28,31,33H,5-6,8,12-18,20-21,23H2,1-4H3,(H,43,51)(H,44,48)(H,45,50)/b9-7-/t24-,25-,26-,28-,31+,33+,40-/m1/s1. The molecule has 2 saturated heterocycles. The third-order valence-corrected chi connectivity index (χ3v) is 15.6. The molecule has 2 aliphatic carbocycles. The van der Waals surface area contributed by atoms with E-state index in [1.807, 2.05) is 19.1 Å². The van der Waals surface area contributed by atoms with Gasteiger partial charge in [0.25, 0.3) is 5.91 Å². The Kier molecular flexibility index (Phi) is 11.7. The third-order valence-electron chi connectivity index (χ3n) is 12.5. The summed E-state index contributed by atoms with van der Waals surface area (Å²) in [6.45, 7) is 6.70. The van der Waals surface area contributed by atoms with Gasteiger partial charge in [0.2, 0.25) is 27.7 Å². The highest BCUT2D eigenvalue weighted by Crippen LogP contribution is 2.48.